The van der Waals surface area contributed by atoms with E-state index in [1.54, 1.807) is 20.8 Å². The highest BCUT2D eigenvalue weighted by Gasteiger charge is 2.51. The predicted octanol–water partition coefficient (Wildman–Crippen LogP) is 1.98. The molecule has 0 radical (unpaired) electrons. The molecule has 9 heteroatoms. The number of ether oxygens (including phenoxy) is 2. The molecule has 2 N–H and O–H groups in total. The minimum absolute atomic E-state index is 0.0366. The molecule has 3 aliphatic rings. The molecular weight excluding hydrogens is 414 g/mol. The standard InChI is InChI=1S/C23H37N3O6/c1-22(2,3)32-21(30)26-12-13-8-7-9-15(13)17(26)19(28)24-16(20(29)31-6)10-14-11-23(4,5)25-18(14)27/h13-17H,7-12H2,1-6H3,(H,24,28)(H,25,27)/t13-,14+,15-,16-,17-/m0/s1. The van der Waals surface area contributed by atoms with Crippen LogP contribution in [0.15, 0.2) is 0 Å². The Morgan fingerprint density at radius 1 is 1.25 bits per heavy atom. The number of hydrogen-bond acceptors (Lipinski definition) is 6. The van der Waals surface area contributed by atoms with Gasteiger partial charge in [0.1, 0.15) is 17.7 Å². The predicted molar refractivity (Wildman–Crippen MR) is 116 cm³/mol. The SMILES string of the molecule is COC(=O)[C@H](C[C@@H]1CC(C)(C)NC1=O)NC(=O)[C@@H]1[C@H]2CCC[C@H]2CN1C(=O)OC(C)(C)C. The Balaban J connectivity index is 1.76. The topological polar surface area (TPSA) is 114 Å². The molecule has 0 aromatic rings. The van der Waals surface area contributed by atoms with Crippen molar-refractivity contribution in [3.05, 3.63) is 0 Å². The van der Waals surface area contributed by atoms with Gasteiger partial charge >= 0.3 is 12.1 Å². The number of amides is 3. The molecular formula is C23H37N3O6. The molecule has 180 valence electrons. The van der Waals surface area contributed by atoms with Gasteiger partial charge in [0.15, 0.2) is 0 Å². The number of nitrogens with one attached hydrogen (secondary N) is 2. The molecule has 5 atom stereocenters. The molecule has 3 amide bonds. The monoisotopic (exact) mass is 451 g/mol. The number of methoxy groups -OCH3 is 1. The van der Waals surface area contributed by atoms with Crippen LogP contribution in [-0.2, 0) is 23.9 Å². The third-order valence-corrected chi connectivity index (χ3v) is 6.70. The van der Waals surface area contributed by atoms with Gasteiger partial charge in [0.2, 0.25) is 11.8 Å². The summed E-state index contributed by atoms with van der Waals surface area (Å²) in [5.74, 6) is -1.24. The van der Waals surface area contributed by atoms with Gasteiger partial charge in [-0.3, -0.25) is 14.5 Å². The Bertz CT molecular complexity index is 774. The number of carbonyl (C=O) groups is 4. The van der Waals surface area contributed by atoms with Crippen molar-refractivity contribution in [2.45, 2.75) is 89.9 Å². The molecule has 9 nitrogen and oxygen atoms in total. The first-order valence-corrected chi connectivity index (χ1v) is 11.5. The average molecular weight is 452 g/mol. The zero-order chi connectivity index (χ0) is 23.8. The normalized spacial score (nSPS) is 29.8. The second-order valence-corrected chi connectivity index (χ2v) is 11.0. The van der Waals surface area contributed by atoms with Crippen molar-refractivity contribution < 1.29 is 28.7 Å². The summed E-state index contributed by atoms with van der Waals surface area (Å²) in [6.07, 6.45) is 3.03. The largest absolute Gasteiger partial charge is 0.467 e. The summed E-state index contributed by atoms with van der Waals surface area (Å²) in [7, 11) is 1.26. The van der Waals surface area contributed by atoms with Gasteiger partial charge in [0.25, 0.3) is 0 Å². The maximum absolute atomic E-state index is 13.4. The molecule has 0 spiro atoms. The van der Waals surface area contributed by atoms with Crippen LogP contribution in [0.4, 0.5) is 4.79 Å². The van der Waals surface area contributed by atoms with Gasteiger partial charge in [0, 0.05) is 18.0 Å². The number of fused-ring (bicyclic) bond motifs is 1. The minimum Gasteiger partial charge on any atom is -0.467 e. The quantitative estimate of drug-likeness (QED) is 0.618. The summed E-state index contributed by atoms with van der Waals surface area (Å²) in [6, 6.07) is -1.66. The third kappa shape index (κ3) is 5.35. The van der Waals surface area contributed by atoms with Crippen LogP contribution in [0.5, 0.6) is 0 Å². The lowest BCUT2D eigenvalue weighted by atomic mass is 9.90. The molecule has 32 heavy (non-hydrogen) atoms. The Labute approximate surface area is 189 Å². The van der Waals surface area contributed by atoms with Crippen molar-refractivity contribution in [2.24, 2.45) is 17.8 Å². The van der Waals surface area contributed by atoms with Gasteiger partial charge in [-0.15, -0.1) is 0 Å². The van der Waals surface area contributed by atoms with Gasteiger partial charge in [-0.05, 0) is 72.1 Å². The zero-order valence-corrected chi connectivity index (χ0v) is 20.0. The van der Waals surface area contributed by atoms with E-state index in [0.29, 0.717) is 13.0 Å². The van der Waals surface area contributed by atoms with E-state index in [0.717, 1.165) is 19.3 Å². The lowest BCUT2D eigenvalue weighted by Gasteiger charge is -2.31. The highest BCUT2D eigenvalue weighted by atomic mass is 16.6. The first kappa shape index (κ1) is 24.3. The fourth-order valence-corrected chi connectivity index (χ4v) is 5.43. The summed E-state index contributed by atoms with van der Waals surface area (Å²) in [6.45, 7) is 9.69. The highest BCUT2D eigenvalue weighted by Crippen LogP contribution is 2.43. The van der Waals surface area contributed by atoms with Gasteiger partial charge in [-0.2, -0.15) is 0 Å². The zero-order valence-electron chi connectivity index (χ0n) is 20.0. The lowest BCUT2D eigenvalue weighted by Crippen LogP contribution is -2.54. The van der Waals surface area contributed by atoms with Crippen molar-refractivity contribution in [1.29, 1.82) is 0 Å². The molecule has 0 bridgehead atoms. The van der Waals surface area contributed by atoms with E-state index < -0.39 is 41.6 Å². The van der Waals surface area contributed by atoms with Gasteiger partial charge in [0.05, 0.1) is 7.11 Å². The van der Waals surface area contributed by atoms with Crippen LogP contribution in [-0.4, -0.2) is 65.7 Å². The minimum atomic E-state index is -0.960. The number of likely N-dealkylation sites (tertiary alicyclic amines) is 1. The third-order valence-electron chi connectivity index (χ3n) is 6.70. The molecule has 0 aromatic heterocycles. The van der Waals surface area contributed by atoms with Gasteiger partial charge in [-0.1, -0.05) is 6.42 Å². The fraction of sp³-hybridized carbons (Fsp3) is 0.826. The summed E-state index contributed by atoms with van der Waals surface area (Å²) in [4.78, 5) is 52.6. The molecule has 3 rings (SSSR count). The molecule has 2 saturated heterocycles. The van der Waals surface area contributed by atoms with Gasteiger partial charge in [-0.25, -0.2) is 9.59 Å². The first-order chi connectivity index (χ1) is 14.8. The fourth-order valence-electron chi connectivity index (χ4n) is 5.43. The van der Waals surface area contributed by atoms with Crippen molar-refractivity contribution in [1.82, 2.24) is 15.5 Å². The average Bonchev–Trinajstić information content (AvgIpc) is 3.31. The Morgan fingerprint density at radius 3 is 2.50 bits per heavy atom. The van der Waals surface area contributed by atoms with Crippen LogP contribution in [0.3, 0.4) is 0 Å². The van der Waals surface area contributed by atoms with Crippen LogP contribution in [0, 0.1) is 17.8 Å². The van der Waals surface area contributed by atoms with E-state index in [1.807, 2.05) is 13.8 Å². The van der Waals surface area contributed by atoms with Crippen LogP contribution in [0.2, 0.25) is 0 Å². The molecule has 3 fully saturated rings. The molecule has 1 saturated carbocycles. The number of esters is 1. The van der Waals surface area contributed by atoms with E-state index in [4.69, 9.17) is 9.47 Å². The molecule has 2 heterocycles. The van der Waals surface area contributed by atoms with Crippen molar-refractivity contribution in [2.75, 3.05) is 13.7 Å². The highest BCUT2D eigenvalue weighted by molar-refractivity contribution is 5.91. The number of carbonyl (C=O) groups excluding carboxylic acids is 4. The van der Waals surface area contributed by atoms with Crippen LogP contribution < -0.4 is 10.6 Å². The van der Waals surface area contributed by atoms with Crippen LogP contribution in [0.25, 0.3) is 0 Å². The molecule has 1 aliphatic carbocycles. The maximum Gasteiger partial charge on any atom is 0.410 e. The summed E-state index contributed by atoms with van der Waals surface area (Å²) in [5, 5.41) is 5.72. The van der Waals surface area contributed by atoms with Crippen LogP contribution >= 0.6 is 0 Å². The summed E-state index contributed by atoms with van der Waals surface area (Å²) in [5.41, 5.74) is -1.03. The number of hydrogen-bond donors (Lipinski definition) is 2. The Morgan fingerprint density at radius 2 is 1.94 bits per heavy atom. The lowest BCUT2D eigenvalue weighted by molar-refractivity contribution is -0.146. The van der Waals surface area contributed by atoms with Gasteiger partial charge < -0.3 is 20.1 Å². The van der Waals surface area contributed by atoms with Crippen molar-refractivity contribution in [3.8, 4) is 0 Å². The van der Waals surface area contributed by atoms with E-state index in [9.17, 15) is 19.2 Å². The van der Waals surface area contributed by atoms with Crippen molar-refractivity contribution in [3.63, 3.8) is 0 Å². The smallest absolute Gasteiger partial charge is 0.410 e. The maximum atomic E-state index is 13.4. The summed E-state index contributed by atoms with van der Waals surface area (Å²) >= 11 is 0. The second kappa shape index (κ2) is 8.90. The van der Waals surface area contributed by atoms with E-state index in [2.05, 4.69) is 10.6 Å². The second-order valence-electron chi connectivity index (χ2n) is 11.0. The first-order valence-electron chi connectivity index (χ1n) is 11.5. The van der Waals surface area contributed by atoms with Crippen molar-refractivity contribution >= 4 is 23.9 Å². The van der Waals surface area contributed by atoms with E-state index >= 15 is 0 Å². The Kier molecular flexibility index (Phi) is 6.77. The van der Waals surface area contributed by atoms with Crippen LogP contribution in [0.1, 0.15) is 66.7 Å². The molecule has 2 aliphatic heterocycles. The summed E-state index contributed by atoms with van der Waals surface area (Å²) < 4.78 is 10.5. The number of nitrogens with zero attached hydrogens (tertiary/aromatic N) is 1. The molecule has 0 aromatic carbocycles. The Hall–Kier alpha value is -2.32. The number of rotatable bonds is 5. The molecule has 0 unspecified atom stereocenters. The van der Waals surface area contributed by atoms with E-state index in [1.165, 1.54) is 12.0 Å². The van der Waals surface area contributed by atoms with E-state index in [-0.39, 0.29) is 29.7 Å².